The lowest BCUT2D eigenvalue weighted by Crippen LogP contribution is -2.21. The second-order valence-corrected chi connectivity index (χ2v) is 8.62. The van der Waals surface area contributed by atoms with E-state index >= 15 is 0 Å². The molecule has 9 nitrogen and oxygen atoms in total. The third-order valence-corrected chi connectivity index (χ3v) is 6.28. The van der Waals surface area contributed by atoms with Gasteiger partial charge in [0.2, 0.25) is 0 Å². The summed E-state index contributed by atoms with van der Waals surface area (Å²) in [4.78, 5) is 31.3. The maximum atomic E-state index is 14.3. The highest BCUT2D eigenvalue weighted by molar-refractivity contribution is 6.32. The third-order valence-electron chi connectivity index (χ3n) is 5.98. The summed E-state index contributed by atoms with van der Waals surface area (Å²) in [5.74, 6) is 0.740. The summed E-state index contributed by atoms with van der Waals surface area (Å²) in [5, 5.41) is 12.1. The van der Waals surface area contributed by atoms with Crippen molar-refractivity contribution in [3.63, 3.8) is 0 Å². The van der Waals surface area contributed by atoms with Gasteiger partial charge >= 0.3 is 6.18 Å². The Morgan fingerprint density at radius 3 is 2.58 bits per heavy atom. The minimum absolute atomic E-state index is 0.0162. The van der Waals surface area contributed by atoms with Gasteiger partial charge in [-0.05, 0) is 24.3 Å². The maximum Gasteiger partial charge on any atom is 0.434 e. The Bertz CT molecular complexity index is 1940. The number of pyridine rings is 1. The summed E-state index contributed by atoms with van der Waals surface area (Å²) in [6.07, 6.45) is 0.328. The minimum Gasteiger partial charge on any atom is -0.330 e. The first-order valence-corrected chi connectivity index (χ1v) is 11.3. The largest absolute Gasteiger partial charge is 0.434 e. The molecule has 0 saturated heterocycles. The van der Waals surface area contributed by atoms with E-state index in [9.17, 15) is 22.8 Å². The van der Waals surface area contributed by atoms with Gasteiger partial charge in [0.25, 0.3) is 5.91 Å². The number of nitrogens with one attached hydrogen (secondary N) is 2. The van der Waals surface area contributed by atoms with Crippen LogP contribution in [0, 0.1) is 0 Å². The van der Waals surface area contributed by atoms with Crippen LogP contribution in [0.4, 0.5) is 18.9 Å². The first-order valence-electron chi connectivity index (χ1n) is 11.0. The lowest BCUT2D eigenvalue weighted by atomic mass is 10.1. The number of aromatic nitrogens is 6. The lowest BCUT2D eigenvalue weighted by molar-refractivity contribution is -0.143. The smallest absolute Gasteiger partial charge is 0.330 e. The number of rotatable bonds is 4. The molecule has 38 heavy (non-hydrogen) atoms. The first kappa shape index (κ1) is 23.5. The SMILES string of the molecule is O=C=c1[nH]c2ncc(-n3ncc(C(=O)Nc4ccc(-n5cccn5)c(Cl)c4)c3C(F)(F)F)c3cccc1c23. The molecule has 0 aliphatic rings. The van der Waals surface area contributed by atoms with Crippen molar-refractivity contribution in [2.24, 2.45) is 0 Å². The Labute approximate surface area is 215 Å². The molecule has 0 atom stereocenters. The van der Waals surface area contributed by atoms with Crippen LogP contribution in [0.15, 0.2) is 67.3 Å². The van der Waals surface area contributed by atoms with Crippen molar-refractivity contribution < 1.29 is 22.8 Å². The number of hydrogen-bond acceptors (Lipinski definition) is 5. The average Bonchev–Trinajstić information content (AvgIpc) is 3.64. The second kappa shape index (κ2) is 8.58. The van der Waals surface area contributed by atoms with E-state index in [1.54, 1.807) is 48.7 Å². The third kappa shape index (κ3) is 3.71. The zero-order valence-electron chi connectivity index (χ0n) is 18.9. The standard InChI is InChI=1S/C25H13ClF3N7O2/c26-17-9-13(5-6-19(17)35-8-2-7-31-35)33-24(38)16-10-32-36(22(16)25(27,28)29)20-11-30-23-21-14(18(12-37)34-23)3-1-4-15(20)21/h1-11H,(H,30,34)(H,33,38). The molecule has 6 aromatic rings. The molecule has 0 saturated carbocycles. The molecule has 2 aromatic carbocycles. The topological polar surface area (TPSA) is 110 Å². The van der Waals surface area contributed by atoms with Gasteiger partial charge in [-0.2, -0.15) is 23.4 Å². The molecule has 188 valence electrons. The molecule has 0 aliphatic heterocycles. The molecular formula is C25H13ClF3N7O2. The number of anilines is 1. The molecule has 4 aromatic heterocycles. The highest BCUT2D eigenvalue weighted by Crippen LogP contribution is 2.36. The van der Waals surface area contributed by atoms with E-state index in [2.05, 4.69) is 25.5 Å². The van der Waals surface area contributed by atoms with Gasteiger partial charge in [0.1, 0.15) is 11.0 Å². The van der Waals surface area contributed by atoms with Crippen molar-refractivity contribution in [1.29, 1.82) is 0 Å². The zero-order chi connectivity index (χ0) is 26.6. The summed E-state index contributed by atoms with van der Waals surface area (Å²) in [6, 6.07) is 11.0. The van der Waals surface area contributed by atoms with Crippen LogP contribution in [0.1, 0.15) is 16.1 Å². The van der Waals surface area contributed by atoms with E-state index in [4.69, 9.17) is 11.6 Å². The lowest BCUT2D eigenvalue weighted by Gasteiger charge is -2.14. The molecule has 0 fully saturated rings. The van der Waals surface area contributed by atoms with Crippen molar-refractivity contribution >= 4 is 50.9 Å². The van der Waals surface area contributed by atoms with E-state index in [-0.39, 0.29) is 21.7 Å². The van der Waals surface area contributed by atoms with Crippen molar-refractivity contribution in [3.05, 3.63) is 88.9 Å². The Balaban J connectivity index is 1.43. The Kier molecular flexibility index (Phi) is 5.30. The second-order valence-electron chi connectivity index (χ2n) is 8.21. The van der Waals surface area contributed by atoms with Crippen LogP contribution in [0.2, 0.25) is 5.02 Å². The Morgan fingerprint density at radius 2 is 1.87 bits per heavy atom. The molecule has 0 bridgehead atoms. The highest BCUT2D eigenvalue weighted by Gasteiger charge is 2.41. The van der Waals surface area contributed by atoms with Crippen LogP contribution in [-0.2, 0) is 11.0 Å². The summed E-state index contributed by atoms with van der Waals surface area (Å²) < 4.78 is 45.1. The predicted molar refractivity (Wildman–Crippen MR) is 132 cm³/mol. The summed E-state index contributed by atoms with van der Waals surface area (Å²) in [7, 11) is 0. The zero-order valence-corrected chi connectivity index (χ0v) is 19.7. The number of carbonyl (C=O) groups is 1. The van der Waals surface area contributed by atoms with Crippen molar-refractivity contribution in [3.8, 4) is 11.4 Å². The molecule has 0 aliphatic carbocycles. The summed E-state index contributed by atoms with van der Waals surface area (Å²) >= 11 is 6.30. The highest BCUT2D eigenvalue weighted by atomic mass is 35.5. The molecule has 2 N–H and O–H groups in total. The van der Waals surface area contributed by atoms with Gasteiger partial charge in [-0.15, -0.1) is 0 Å². The number of H-pyrrole nitrogens is 1. The molecule has 1 amide bonds. The van der Waals surface area contributed by atoms with Gasteiger partial charge in [-0.1, -0.05) is 29.8 Å². The number of alkyl halides is 3. The van der Waals surface area contributed by atoms with E-state index in [0.29, 0.717) is 32.2 Å². The van der Waals surface area contributed by atoms with Crippen LogP contribution in [0.25, 0.3) is 33.2 Å². The molecular weight excluding hydrogens is 523 g/mol. The van der Waals surface area contributed by atoms with Crippen LogP contribution in [-0.4, -0.2) is 41.4 Å². The monoisotopic (exact) mass is 535 g/mol. The number of halogens is 4. The number of hydrogen-bond donors (Lipinski definition) is 2. The van der Waals surface area contributed by atoms with Crippen molar-refractivity contribution in [2.45, 2.75) is 6.18 Å². The fourth-order valence-corrected chi connectivity index (χ4v) is 4.64. The van der Waals surface area contributed by atoms with E-state index in [1.807, 2.05) is 0 Å². The average molecular weight is 536 g/mol. The summed E-state index contributed by atoms with van der Waals surface area (Å²) in [5.41, 5.74) is -0.971. The maximum absolute atomic E-state index is 14.3. The van der Waals surface area contributed by atoms with Gasteiger partial charge in [0.05, 0.1) is 34.4 Å². The quantitative estimate of drug-likeness (QED) is 0.351. The number of carbonyl (C=O) groups excluding carboxylic acids is 2. The number of nitrogens with zero attached hydrogens (tertiary/aromatic N) is 5. The van der Waals surface area contributed by atoms with Gasteiger partial charge in [-0.25, -0.2) is 19.1 Å². The fourth-order valence-electron chi connectivity index (χ4n) is 4.37. The van der Waals surface area contributed by atoms with Crippen LogP contribution < -0.4 is 10.7 Å². The van der Waals surface area contributed by atoms with E-state index in [0.717, 1.165) is 6.20 Å². The van der Waals surface area contributed by atoms with Crippen LogP contribution in [0.3, 0.4) is 0 Å². The summed E-state index contributed by atoms with van der Waals surface area (Å²) in [6.45, 7) is 0. The van der Waals surface area contributed by atoms with Crippen LogP contribution >= 0.6 is 11.6 Å². The molecule has 6 rings (SSSR count). The number of benzene rings is 2. The molecule has 0 radical (unpaired) electrons. The Hall–Kier alpha value is -4.93. The molecule has 4 heterocycles. The molecule has 0 spiro atoms. The van der Waals surface area contributed by atoms with Gasteiger partial charge in [0, 0.05) is 34.2 Å². The first-order chi connectivity index (χ1) is 18.3. The molecule has 13 heteroatoms. The normalized spacial score (nSPS) is 11.8. The van der Waals surface area contributed by atoms with Crippen molar-refractivity contribution in [1.82, 2.24) is 29.5 Å². The molecule has 0 unspecified atom stereocenters. The van der Waals surface area contributed by atoms with E-state index in [1.165, 1.54) is 23.0 Å². The van der Waals surface area contributed by atoms with Crippen molar-refractivity contribution in [2.75, 3.05) is 5.32 Å². The van der Waals surface area contributed by atoms with Crippen LogP contribution in [0.5, 0.6) is 0 Å². The van der Waals surface area contributed by atoms with E-state index < -0.39 is 23.3 Å². The Morgan fingerprint density at radius 1 is 1.05 bits per heavy atom. The van der Waals surface area contributed by atoms with Gasteiger partial charge in [0.15, 0.2) is 11.6 Å². The van der Waals surface area contributed by atoms with Gasteiger partial charge < -0.3 is 10.3 Å². The minimum atomic E-state index is -4.94. The number of amides is 1. The fraction of sp³-hybridized carbons (Fsp3) is 0.0400. The number of aromatic amines is 1. The van der Waals surface area contributed by atoms with Gasteiger partial charge in [-0.3, -0.25) is 4.79 Å². The predicted octanol–water partition coefficient (Wildman–Crippen LogP) is 4.23.